The van der Waals surface area contributed by atoms with Gasteiger partial charge in [0.1, 0.15) is 0 Å². The summed E-state index contributed by atoms with van der Waals surface area (Å²) in [6.07, 6.45) is -1.14. The minimum atomic E-state index is -1.16. The Balaban J connectivity index is 3.43. The van der Waals surface area contributed by atoms with E-state index >= 15 is 0 Å². The van der Waals surface area contributed by atoms with Crippen LogP contribution >= 0.6 is 0 Å². The average Bonchev–Trinajstić information content (AvgIpc) is 2.30. The van der Waals surface area contributed by atoms with Crippen molar-refractivity contribution < 1.29 is 23.4 Å². The second-order valence-electron chi connectivity index (χ2n) is 3.08. The van der Waals surface area contributed by atoms with Gasteiger partial charge in [-0.25, -0.2) is 4.39 Å². The van der Waals surface area contributed by atoms with Gasteiger partial charge in [0.2, 0.25) is 5.82 Å². The molecule has 0 saturated heterocycles. The van der Waals surface area contributed by atoms with Gasteiger partial charge < -0.3 is 20.3 Å². The van der Waals surface area contributed by atoms with Crippen LogP contribution in [0.2, 0.25) is 0 Å². The van der Waals surface area contributed by atoms with Crippen LogP contribution in [0, 0.1) is 11.6 Å². The van der Waals surface area contributed by atoms with Gasteiger partial charge in [-0.05, 0) is 6.07 Å². The normalized spacial score (nSPS) is 12.4. The molecule has 0 aliphatic rings. The van der Waals surface area contributed by atoms with Gasteiger partial charge >= 0.3 is 0 Å². The number of nitrogens with two attached hydrogens (primary N) is 1. The molecule has 0 fully saturated rings. The van der Waals surface area contributed by atoms with Crippen LogP contribution in [-0.4, -0.2) is 25.9 Å². The number of ether oxygens (including phenoxy) is 2. The monoisotopic (exact) mass is 233 g/mol. The average molecular weight is 233 g/mol. The second kappa shape index (κ2) is 5.09. The molecule has 0 spiro atoms. The van der Waals surface area contributed by atoms with Crippen LogP contribution in [-0.2, 0) is 0 Å². The highest BCUT2D eigenvalue weighted by Gasteiger charge is 2.23. The molecule has 0 radical (unpaired) electrons. The fourth-order valence-electron chi connectivity index (χ4n) is 1.37. The molecular formula is C10H13F2NO3. The third kappa shape index (κ3) is 2.07. The Morgan fingerprint density at radius 1 is 1.31 bits per heavy atom. The van der Waals surface area contributed by atoms with Crippen molar-refractivity contribution in [1.82, 2.24) is 0 Å². The molecular weight excluding hydrogens is 220 g/mol. The molecule has 0 heterocycles. The molecule has 0 aliphatic heterocycles. The predicted octanol–water partition coefficient (Wildman–Crippen LogP) is 0.974. The van der Waals surface area contributed by atoms with Gasteiger partial charge in [0, 0.05) is 12.1 Å². The maximum Gasteiger partial charge on any atom is 0.204 e. The third-order valence-corrected chi connectivity index (χ3v) is 2.15. The van der Waals surface area contributed by atoms with Crippen LogP contribution < -0.4 is 15.2 Å². The van der Waals surface area contributed by atoms with E-state index in [9.17, 15) is 13.9 Å². The smallest absolute Gasteiger partial charge is 0.204 e. The van der Waals surface area contributed by atoms with Crippen molar-refractivity contribution in [1.29, 1.82) is 0 Å². The molecule has 0 aromatic heterocycles. The Bertz CT molecular complexity index is 385. The fraction of sp³-hybridized carbons (Fsp3) is 0.400. The van der Waals surface area contributed by atoms with Gasteiger partial charge in [-0.15, -0.1) is 0 Å². The summed E-state index contributed by atoms with van der Waals surface area (Å²) in [5, 5.41) is 9.53. The molecule has 6 heteroatoms. The lowest BCUT2D eigenvalue weighted by Gasteiger charge is -2.16. The molecule has 3 N–H and O–H groups in total. The lowest BCUT2D eigenvalue weighted by atomic mass is 10.1. The number of rotatable bonds is 4. The highest BCUT2D eigenvalue weighted by atomic mass is 19.2. The van der Waals surface area contributed by atoms with Crippen LogP contribution in [0.1, 0.15) is 11.7 Å². The summed E-state index contributed by atoms with van der Waals surface area (Å²) in [7, 11) is 2.45. The summed E-state index contributed by atoms with van der Waals surface area (Å²) >= 11 is 0. The van der Waals surface area contributed by atoms with Gasteiger partial charge in [-0.3, -0.25) is 0 Å². The van der Waals surface area contributed by atoms with Gasteiger partial charge in [0.05, 0.1) is 20.3 Å². The van der Waals surface area contributed by atoms with Crippen LogP contribution in [0.5, 0.6) is 11.5 Å². The Kier molecular flexibility index (Phi) is 4.03. The van der Waals surface area contributed by atoms with Crippen LogP contribution in [0.25, 0.3) is 0 Å². The SMILES string of the molecule is COc1c(C(O)CN)cc(F)c(F)c1OC. The zero-order valence-electron chi connectivity index (χ0n) is 8.96. The minimum absolute atomic E-state index is 0.0562. The molecule has 16 heavy (non-hydrogen) atoms. The number of aliphatic hydroxyl groups excluding tert-OH is 1. The minimum Gasteiger partial charge on any atom is -0.492 e. The topological polar surface area (TPSA) is 64.7 Å². The summed E-state index contributed by atoms with van der Waals surface area (Å²) in [6, 6.07) is 0.841. The molecule has 0 bridgehead atoms. The van der Waals surface area contributed by atoms with E-state index in [1.165, 1.54) is 14.2 Å². The summed E-state index contributed by atoms with van der Waals surface area (Å²) in [6.45, 7) is -0.134. The summed E-state index contributed by atoms with van der Waals surface area (Å²) in [4.78, 5) is 0. The summed E-state index contributed by atoms with van der Waals surface area (Å²) in [5.74, 6) is -2.73. The standard InChI is InChI=1S/C10H13F2NO3/c1-15-9-5(7(14)4-13)3-6(11)8(12)10(9)16-2/h3,7,14H,4,13H2,1-2H3. The van der Waals surface area contributed by atoms with E-state index in [2.05, 4.69) is 0 Å². The lowest BCUT2D eigenvalue weighted by Crippen LogP contribution is -2.14. The van der Waals surface area contributed by atoms with Crippen molar-refractivity contribution in [2.24, 2.45) is 5.73 Å². The highest BCUT2D eigenvalue weighted by molar-refractivity contribution is 5.49. The van der Waals surface area contributed by atoms with Crippen molar-refractivity contribution in [2.75, 3.05) is 20.8 Å². The number of halogens is 2. The van der Waals surface area contributed by atoms with Crippen molar-refractivity contribution >= 4 is 0 Å². The fourth-order valence-corrected chi connectivity index (χ4v) is 1.37. The quantitative estimate of drug-likeness (QED) is 0.813. The van der Waals surface area contributed by atoms with E-state index in [0.717, 1.165) is 6.07 Å². The lowest BCUT2D eigenvalue weighted by molar-refractivity contribution is 0.179. The molecule has 1 atom stereocenters. The third-order valence-electron chi connectivity index (χ3n) is 2.15. The molecule has 1 aromatic carbocycles. The van der Waals surface area contributed by atoms with E-state index in [1.807, 2.05) is 0 Å². The molecule has 0 saturated carbocycles. The molecule has 1 unspecified atom stereocenters. The molecule has 1 rings (SSSR count). The molecule has 0 amide bonds. The zero-order chi connectivity index (χ0) is 12.3. The molecule has 90 valence electrons. The predicted molar refractivity (Wildman–Crippen MR) is 53.5 cm³/mol. The van der Waals surface area contributed by atoms with Gasteiger partial charge in [0.25, 0.3) is 0 Å². The van der Waals surface area contributed by atoms with Crippen LogP contribution in [0.4, 0.5) is 8.78 Å². The van der Waals surface area contributed by atoms with E-state index in [-0.39, 0.29) is 23.6 Å². The van der Waals surface area contributed by atoms with E-state index in [0.29, 0.717) is 0 Å². The van der Waals surface area contributed by atoms with Crippen molar-refractivity contribution in [3.63, 3.8) is 0 Å². The number of aliphatic hydroxyl groups is 1. The number of methoxy groups -OCH3 is 2. The van der Waals surface area contributed by atoms with Crippen molar-refractivity contribution in [2.45, 2.75) is 6.10 Å². The maximum atomic E-state index is 13.3. The Morgan fingerprint density at radius 2 is 1.88 bits per heavy atom. The van der Waals surface area contributed by atoms with Crippen molar-refractivity contribution in [3.05, 3.63) is 23.3 Å². The van der Waals surface area contributed by atoms with Gasteiger partial charge in [-0.1, -0.05) is 0 Å². The first-order valence-electron chi connectivity index (χ1n) is 4.54. The first kappa shape index (κ1) is 12.7. The summed E-state index contributed by atoms with van der Waals surface area (Å²) in [5.41, 5.74) is 5.30. The summed E-state index contributed by atoms with van der Waals surface area (Å²) < 4.78 is 36.1. The van der Waals surface area contributed by atoms with Crippen molar-refractivity contribution in [3.8, 4) is 11.5 Å². The van der Waals surface area contributed by atoms with E-state index < -0.39 is 17.7 Å². The highest BCUT2D eigenvalue weighted by Crippen LogP contribution is 2.38. The van der Waals surface area contributed by atoms with Crippen LogP contribution in [0.15, 0.2) is 6.07 Å². The van der Waals surface area contributed by atoms with Gasteiger partial charge in [0.15, 0.2) is 17.3 Å². The number of benzene rings is 1. The van der Waals surface area contributed by atoms with E-state index in [1.54, 1.807) is 0 Å². The van der Waals surface area contributed by atoms with Gasteiger partial charge in [-0.2, -0.15) is 4.39 Å². The molecule has 4 nitrogen and oxygen atoms in total. The molecule has 1 aromatic rings. The number of hydrogen-bond donors (Lipinski definition) is 2. The first-order chi connectivity index (χ1) is 7.56. The Morgan fingerprint density at radius 3 is 2.31 bits per heavy atom. The maximum absolute atomic E-state index is 13.3. The molecule has 0 aliphatic carbocycles. The second-order valence-corrected chi connectivity index (χ2v) is 3.08. The Labute approximate surface area is 91.6 Å². The van der Waals surface area contributed by atoms with Crippen LogP contribution in [0.3, 0.4) is 0 Å². The number of hydrogen-bond acceptors (Lipinski definition) is 4. The zero-order valence-corrected chi connectivity index (χ0v) is 8.96. The van der Waals surface area contributed by atoms with E-state index in [4.69, 9.17) is 15.2 Å². The largest absolute Gasteiger partial charge is 0.492 e. The Hall–Kier alpha value is -1.40. The first-order valence-corrected chi connectivity index (χ1v) is 4.54.